The molecule has 0 saturated carbocycles. The van der Waals surface area contributed by atoms with Crippen molar-refractivity contribution in [3.63, 3.8) is 0 Å². The van der Waals surface area contributed by atoms with E-state index in [1.54, 1.807) is 39.0 Å². The van der Waals surface area contributed by atoms with Crippen molar-refractivity contribution in [2.45, 2.75) is 39.0 Å². The van der Waals surface area contributed by atoms with E-state index in [1.165, 1.54) is 12.1 Å². The fourth-order valence-electron chi connectivity index (χ4n) is 2.91. The molecule has 2 aromatic rings. The van der Waals surface area contributed by atoms with Crippen LogP contribution >= 0.6 is 0 Å². The minimum absolute atomic E-state index is 0.243. The van der Waals surface area contributed by atoms with Crippen LogP contribution in [0.15, 0.2) is 42.5 Å². The maximum absolute atomic E-state index is 12.9. The van der Waals surface area contributed by atoms with E-state index in [-0.39, 0.29) is 23.5 Å². The van der Waals surface area contributed by atoms with Crippen LogP contribution in [0.1, 0.15) is 53.9 Å². The van der Waals surface area contributed by atoms with Crippen LogP contribution in [0.2, 0.25) is 0 Å². The van der Waals surface area contributed by atoms with Crippen LogP contribution in [-0.4, -0.2) is 28.6 Å². The summed E-state index contributed by atoms with van der Waals surface area (Å²) >= 11 is 0. The lowest BCUT2D eigenvalue weighted by Gasteiger charge is -2.22. The fourth-order valence-corrected chi connectivity index (χ4v) is 2.91. The molecule has 0 bridgehead atoms. The highest BCUT2D eigenvalue weighted by molar-refractivity contribution is 6.12. The van der Waals surface area contributed by atoms with Gasteiger partial charge in [-0.3, -0.25) is 4.79 Å². The van der Waals surface area contributed by atoms with Crippen molar-refractivity contribution in [2.75, 3.05) is 0 Å². The summed E-state index contributed by atoms with van der Waals surface area (Å²) in [6, 6.07) is 10.2. The Labute approximate surface area is 162 Å². The Morgan fingerprint density at radius 1 is 1.14 bits per heavy atom. The van der Waals surface area contributed by atoms with Crippen LogP contribution in [0.5, 0.6) is 5.75 Å². The minimum atomic E-state index is -1.37. The van der Waals surface area contributed by atoms with Crippen molar-refractivity contribution in [3.05, 3.63) is 64.7 Å². The van der Waals surface area contributed by atoms with Gasteiger partial charge in [0.1, 0.15) is 18.0 Å². The van der Waals surface area contributed by atoms with E-state index in [4.69, 9.17) is 9.47 Å². The second kappa shape index (κ2) is 7.34. The Bertz CT molecular complexity index is 944. The van der Waals surface area contributed by atoms with Gasteiger partial charge in [-0.05, 0) is 38.5 Å². The summed E-state index contributed by atoms with van der Waals surface area (Å²) in [4.78, 5) is 36.7. The first-order chi connectivity index (χ1) is 13.2. The maximum atomic E-state index is 12.9. The Hall–Kier alpha value is -3.35. The molecule has 0 spiro atoms. The standard InChI is InChI=1S/C21H21NO6/c1-21(2,3)28-20(26)22-17(19(24)25)12-8-9-16-15(10-12)18(23)14-7-5-4-6-13(14)11-27-16/h4-10,17H,11H2,1-3H3,(H,22,26)(H,24,25). The number of carboxylic acids is 1. The zero-order valence-electron chi connectivity index (χ0n) is 15.8. The van der Waals surface area contributed by atoms with Gasteiger partial charge in [-0.15, -0.1) is 0 Å². The van der Waals surface area contributed by atoms with Crippen LogP contribution in [0.25, 0.3) is 0 Å². The Kier molecular flexibility index (Phi) is 5.09. The molecule has 146 valence electrons. The summed E-state index contributed by atoms with van der Waals surface area (Å²) in [5.41, 5.74) is 0.986. The molecular formula is C21H21NO6. The van der Waals surface area contributed by atoms with Gasteiger partial charge in [-0.1, -0.05) is 30.3 Å². The Balaban J connectivity index is 1.94. The Morgan fingerprint density at radius 2 is 1.86 bits per heavy atom. The molecule has 1 aliphatic rings. The number of amides is 1. The van der Waals surface area contributed by atoms with Crippen molar-refractivity contribution in [1.29, 1.82) is 0 Å². The van der Waals surface area contributed by atoms with E-state index in [9.17, 15) is 19.5 Å². The molecule has 0 saturated heterocycles. The van der Waals surface area contributed by atoms with Crippen molar-refractivity contribution in [1.82, 2.24) is 5.32 Å². The number of hydrogen-bond donors (Lipinski definition) is 2. The van der Waals surface area contributed by atoms with Crippen LogP contribution in [0.3, 0.4) is 0 Å². The summed E-state index contributed by atoms with van der Waals surface area (Å²) in [5.74, 6) is -1.16. The van der Waals surface area contributed by atoms with E-state index in [0.717, 1.165) is 5.56 Å². The second-order valence-electron chi connectivity index (χ2n) is 7.45. The monoisotopic (exact) mass is 383 g/mol. The highest BCUT2D eigenvalue weighted by Crippen LogP contribution is 2.31. The molecule has 0 radical (unpaired) electrons. The van der Waals surface area contributed by atoms with Gasteiger partial charge in [0.15, 0.2) is 11.8 Å². The summed E-state index contributed by atoms with van der Waals surface area (Å²) < 4.78 is 10.8. The molecule has 2 aromatic carbocycles. The topological polar surface area (TPSA) is 102 Å². The molecule has 28 heavy (non-hydrogen) atoms. The summed E-state index contributed by atoms with van der Waals surface area (Å²) in [6.45, 7) is 5.28. The minimum Gasteiger partial charge on any atom is -0.488 e. The summed E-state index contributed by atoms with van der Waals surface area (Å²) in [5, 5.41) is 11.9. The van der Waals surface area contributed by atoms with Crippen LogP contribution in [-0.2, 0) is 16.1 Å². The molecule has 1 atom stereocenters. The van der Waals surface area contributed by atoms with Gasteiger partial charge in [0, 0.05) is 11.1 Å². The van der Waals surface area contributed by atoms with E-state index in [0.29, 0.717) is 11.3 Å². The summed E-state index contributed by atoms with van der Waals surface area (Å²) in [6.07, 6.45) is -0.859. The molecule has 1 aliphatic heterocycles. The summed E-state index contributed by atoms with van der Waals surface area (Å²) in [7, 11) is 0. The molecule has 0 aliphatic carbocycles. The molecule has 2 N–H and O–H groups in total. The number of carbonyl (C=O) groups is 3. The first kappa shape index (κ1) is 19.4. The smallest absolute Gasteiger partial charge is 0.408 e. The van der Waals surface area contributed by atoms with Crippen molar-refractivity contribution < 1.29 is 29.0 Å². The lowest BCUT2D eigenvalue weighted by molar-refractivity contribution is -0.139. The van der Waals surface area contributed by atoms with Crippen LogP contribution in [0.4, 0.5) is 4.79 Å². The lowest BCUT2D eigenvalue weighted by Crippen LogP contribution is -2.38. The first-order valence-electron chi connectivity index (χ1n) is 8.77. The number of aliphatic carboxylic acids is 1. The van der Waals surface area contributed by atoms with Crippen molar-refractivity contribution >= 4 is 17.8 Å². The van der Waals surface area contributed by atoms with Gasteiger partial charge >= 0.3 is 12.1 Å². The van der Waals surface area contributed by atoms with E-state index in [2.05, 4.69) is 5.32 Å². The zero-order chi connectivity index (χ0) is 20.5. The number of carbonyl (C=O) groups excluding carboxylic acids is 2. The van der Waals surface area contributed by atoms with Crippen LogP contribution in [0, 0.1) is 0 Å². The second-order valence-corrected chi connectivity index (χ2v) is 7.45. The average Bonchev–Trinajstić information content (AvgIpc) is 2.75. The highest BCUT2D eigenvalue weighted by Gasteiger charge is 2.28. The number of ether oxygens (including phenoxy) is 2. The average molecular weight is 383 g/mol. The number of nitrogens with one attached hydrogen (secondary N) is 1. The third-order valence-electron chi connectivity index (χ3n) is 4.13. The molecule has 1 heterocycles. The Morgan fingerprint density at radius 3 is 2.54 bits per heavy atom. The predicted molar refractivity (Wildman–Crippen MR) is 100 cm³/mol. The fraction of sp³-hybridized carbons (Fsp3) is 0.286. The van der Waals surface area contributed by atoms with Crippen LogP contribution < -0.4 is 10.1 Å². The third-order valence-corrected chi connectivity index (χ3v) is 4.13. The van der Waals surface area contributed by atoms with Gasteiger partial charge in [-0.25, -0.2) is 9.59 Å². The molecule has 1 amide bonds. The van der Waals surface area contributed by atoms with E-state index >= 15 is 0 Å². The third kappa shape index (κ3) is 4.14. The number of carboxylic acid groups (broad SMARTS) is 1. The first-order valence-corrected chi connectivity index (χ1v) is 8.77. The SMILES string of the molecule is CC(C)(C)OC(=O)NC(C(=O)O)c1ccc2c(c1)C(=O)c1ccccc1CO2. The number of alkyl carbamates (subject to hydrolysis) is 1. The highest BCUT2D eigenvalue weighted by atomic mass is 16.6. The zero-order valence-corrected chi connectivity index (χ0v) is 15.8. The largest absolute Gasteiger partial charge is 0.488 e. The van der Waals surface area contributed by atoms with Crippen molar-refractivity contribution in [2.24, 2.45) is 0 Å². The normalized spacial score (nSPS) is 14.0. The lowest BCUT2D eigenvalue weighted by atomic mass is 9.96. The molecule has 1 unspecified atom stereocenters. The van der Waals surface area contributed by atoms with Crippen molar-refractivity contribution in [3.8, 4) is 5.75 Å². The number of rotatable bonds is 3. The number of ketones is 1. The van der Waals surface area contributed by atoms with Gasteiger partial charge in [0.05, 0.1) is 5.56 Å². The maximum Gasteiger partial charge on any atom is 0.408 e. The number of hydrogen-bond acceptors (Lipinski definition) is 5. The predicted octanol–water partition coefficient (Wildman–Crippen LogP) is 3.46. The van der Waals surface area contributed by atoms with Gasteiger partial charge in [-0.2, -0.15) is 0 Å². The molecule has 0 fully saturated rings. The van der Waals surface area contributed by atoms with E-state index in [1.807, 2.05) is 12.1 Å². The molecular weight excluding hydrogens is 362 g/mol. The van der Waals surface area contributed by atoms with Gasteiger partial charge in [0.25, 0.3) is 0 Å². The molecule has 7 nitrogen and oxygen atoms in total. The molecule has 3 rings (SSSR count). The quantitative estimate of drug-likeness (QED) is 0.842. The van der Waals surface area contributed by atoms with E-state index < -0.39 is 23.7 Å². The number of benzene rings is 2. The molecule has 0 aromatic heterocycles. The van der Waals surface area contributed by atoms with Gasteiger partial charge in [0.2, 0.25) is 0 Å². The van der Waals surface area contributed by atoms with Gasteiger partial charge < -0.3 is 19.9 Å². The number of fused-ring (bicyclic) bond motifs is 2. The molecule has 7 heteroatoms.